The van der Waals surface area contributed by atoms with Gasteiger partial charge in [0.05, 0.1) is 13.7 Å². The van der Waals surface area contributed by atoms with E-state index in [0.717, 1.165) is 37.0 Å². The van der Waals surface area contributed by atoms with Crippen LogP contribution in [-0.2, 0) is 24.9 Å². The molecule has 27 heavy (non-hydrogen) atoms. The Morgan fingerprint density at radius 3 is 2.48 bits per heavy atom. The molecule has 0 spiro atoms. The monoisotopic (exact) mass is 376 g/mol. The van der Waals surface area contributed by atoms with E-state index in [2.05, 4.69) is 6.92 Å². The fraction of sp³-hybridized carbons (Fsp3) is 0.682. The molecule has 1 aliphatic carbocycles. The van der Waals surface area contributed by atoms with Crippen molar-refractivity contribution in [3.63, 3.8) is 0 Å². The smallest absolute Gasteiger partial charge is 0.341 e. The lowest BCUT2D eigenvalue weighted by Crippen LogP contribution is -2.41. The Morgan fingerprint density at radius 1 is 1.15 bits per heavy atom. The molecule has 2 fully saturated rings. The van der Waals surface area contributed by atoms with Crippen molar-refractivity contribution in [1.29, 1.82) is 0 Å². The van der Waals surface area contributed by atoms with Crippen LogP contribution in [0.5, 0.6) is 5.75 Å². The second-order valence-electron chi connectivity index (χ2n) is 8.02. The molecule has 1 aliphatic heterocycles. The highest BCUT2D eigenvalue weighted by atomic mass is 17.2. The SMILES string of the molecule is CCCCOC(=O)C1(C)CC(c2ccc(OC)cc2)(C2CCCCC2)OO1. The van der Waals surface area contributed by atoms with Gasteiger partial charge in [-0.15, -0.1) is 0 Å². The number of unbranched alkanes of at least 4 members (excludes halogenated alkanes) is 1. The van der Waals surface area contributed by atoms with Gasteiger partial charge >= 0.3 is 5.97 Å². The van der Waals surface area contributed by atoms with Crippen LogP contribution in [0.3, 0.4) is 0 Å². The summed E-state index contributed by atoms with van der Waals surface area (Å²) in [7, 11) is 1.66. The van der Waals surface area contributed by atoms with E-state index in [0.29, 0.717) is 18.9 Å². The maximum Gasteiger partial charge on any atom is 0.341 e. The third-order valence-corrected chi connectivity index (χ3v) is 5.98. The molecule has 1 heterocycles. The molecule has 1 aromatic rings. The van der Waals surface area contributed by atoms with Crippen molar-refractivity contribution >= 4 is 5.97 Å². The van der Waals surface area contributed by atoms with Crippen molar-refractivity contribution in [2.45, 2.75) is 76.4 Å². The maximum absolute atomic E-state index is 12.7. The third kappa shape index (κ3) is 4.14. The number of carbonyl (C=O) groups excluding carboxylic acids is 1. The maximum atomic E-state index is 12.7. The summed E-state index contributed by atoms with van der Waals surface area (Å²) in [6.07, 6.45) is 8.10. The fourth-order valence-corrected chi connectivity index (χ4v) is 4.33. The number of benzene rings is 1. The van der Waals surface area contributed by atoms with E-state index in [1.54, 1.807) is 14.0 Å². The van der Waals surface area contributed by atoms with Gasteiger partial charge in [0, 0.05) is 6.42 Å². The molecule has 0 radical (unpaired) electrons. The summed E-state index contributed by atoms with van der Waals surface area (Å²) >= 11 is 0. The van der Waals surface area contributed by atoms with E-state index < -0.39 is 11.2 Å². The number of hydrogen-bond donors (Lipinski definition) is 0. The van der Waals surface area contributed by atoms with Crippen molar-refractivity contribution in [1.82, 2.24) is 0 Å². The van der Waals surface area contributed by atoms with Gasteiger partial charge in [0.1, 0.15) is 11.4 Å². The Kier molecular flexibility index (Phi) is 6.43. The van der Waals surface area contributed by atoms with Crippen LogP contribution in [0.25, 0.3) is 0 Å². The molecule has 5 heteroatoms. The molecule has 2 unspecified atom stereocenters. The summed E-state index contributed by atoms with van der Waals surface area (Å²) in [5.74, 6) is 0.797. The third-order valence-electron chi connectivity index (χ3n) is 5.98. The fourth-order valence-electron chi connectivity index (χ4n) is 4.33. The number of rotatable bonds is 7. The van der Waals surface area contributed by atoms with Gasteiger partial charge in [-0.25, -0.2) is 14.6 Å². The minimum Gasteiger partial charge on any atom is -0.497 e. The van der Waals surface area contributed by atoms with Crippen LogP contribution in [0, 0.1) is 5.92 Å². The van der Waals surface area contributed by atoms with Crippen LogP contribution < -0.4 is 4.74 Å². The predicted octanol–water partition coefficient (Wildman–Crippen LogP) is 4.92. The zero-order valence-corrected chi connectivity index (χ0v) is 16.8. The molecular formula is C22H32O5. The summed E-state index contributed by atoms with van der Waals surface area (Å²) in [6.45, 7) is 4.28. The van der Waals surface area contributed by atoms with Gasteiger partial charge in [-0.1, -0.05) is 44.7 Å². The molecule has 0 bridgehead atoms. The summed E-state index contributed by atoms with van der Waals surface area (Å²) < 4.78 is 10.8. The van der Waals surface area contributed by atoms with Gasteiger partial charge < -0.3 is 9.47 Å². The first-order chi connectivity index (χ1) is 13.0. The lowest BCUT2D eigenvalue weighted by Gasteiger charge is -2.37. The molecule has 2 aliphatic rings. The van der Waals surface area contributed by atoms with Gasteiger partial charge in [0.25, 0.3) is 0 Å². The molecule has 2 atom stereocenters. The van der Waals surface area contributed by atoms with E-state index in [1.807, 2.05) is 24.3 Å². The first kappa shape index (κ1) is 20.2. The van der Waals surface area contributed by atoms with Gasteiger partial charge in [-0.3, -0.25) is 0 Å². The molecule has 1 saturated heterocycles. The quantitative estimate of drug-likeness (QED) is 0.384. The second-order valence-corrected chi connectivity index (χ2v) is 8.02. The highest BCUT2D eigenvalue weighted by Crippen LogP contribution is 2.52. The number of ether oxygens (including phenoxy) is 2. The minimum atomic E-state index is -1.08. The number of methoxy groups -OCH3 is 1. The molecule has 3 rings (SSSR count). The van der Waals surface area contributed by atoms with E-state index in [4.69, 9.17) is 19.2 Å². The molecule has 0 aromatic heterocycles. The summed E-state index contributed by atoms with van der Waals surface area (Å²) in [5, 5.41) is 0. The van der Waals surface area contributed by atoms with Crippen LogP contribution >= 0.6 is 0 Å². The topological polar surface area (TPSA) is 54.0 Å². The largest absolute Gasteiger partial charge is 0.497 e. The van der Waals surface area contributed by atoms with Crippen LogP contribution in [0.4, 0.5) is 0 Å². The molecule has 150 valence electrons. The number of hydrogen-bond acceptors (Lipinski definition) is 5. The average Bonchev–Trinajstić information content (AvgIpc) is 3.09. The molecule has 1 saturated carbocycles. The van der Waals surface area contributed by atoms with Gasteiger partial charge in [-0.05, 0) is 49.8 Å². The molecule has 0 amide bonds. The van der Waals surface area contributed by atoms with Crippen LogP contribution in [0.1, 0.15) is 70.8 Å². The van der Waals surface area contributed by atoms with Crippen LogP contribution in [0.15, 0.2) is 24.3 Å². The normalized spacial score (nSPS) is 28.9. The average molecular weight is 376 g/mol. The Hall–Kier alpha value is -1.59. The zero-order valence-electron chi connectivity index (χ0n) is 16.8. The lowest BCUT2D eigenvalue weighted by atomic mass is 9.69. The van der Waals surface area contributed by atoms with Crippen molar-refractivity contribution in [2.24, 2.45) is 5.92 Å². The Balaban J connectivity index is 1.86. The Labute approximate surface area is 162 Å². The molecule has 5 nitrogen and oxygen atoms in total. The summed E-state index contributed by atoms with van der Waals surface area (Å²) in [6, 6.07) is 7.95. The van der Waals surface area contributed by atoms with Crippen molar-refractivity contribution in [3.8, 4) is 5.75 Å². The first-order valence-electron chi connectivity index (χ1n) is 10.2. The summed E-state index contributed by atoms with van der Waals surface area (Å²) in [5.41, 5.74) is -0.656. The minimum absolute atomic E-state index is 0.324. The number of esters is 1. The van der Waals surface area contributed by atoms with Crippen LogP contribution in [0.2, 0.25) is 0 Å². The molecular weight excluding hydrogens is 344 g/mol. The Morgan fingerprint density at radius 2 is 1.85 bits per heavy atom. The van der Waals surface area contributed by atoms with E-state index in [9.17, 15) is 4.79 Å². The number of carbonyl (C=O) groups is 1. The molecule has 0 N–H and O–H groups in total. The standard InChI is InChI=1S/C22H32O5/c1-4-5-15-25-20(23)21(2)16-22(27-26-21,17-9-7-6-8-10-17)18-11-13-19(24-3)14-12-18/h11-14,17H,4-10,15-16H2,1-3H3. The van der Waals surface area contributed by atoms with Crippen molar-refractivity contribution in [3.05, 3.63) is 29.8 Å². The van der Waals surface area contributed by atoms with Gasteiger partial charge in [-0.2, -0.15) is 0 Å². The highest BCUT2D eigenvalue weighted by molar-refractivity contribution is 5.79. The van der Waals surface area contributed by atoms with E-state index in [1.165, 1.54) is 19.3 Å². The van der Waals surface area contributed by atoms with Crippen molar-refractivity contribution < 1.29 is 24.0 Å². The van der Waals surface area contributed by atoms with Gasteiger partial charge in [0.2, 0.25) is 5.60 Å². The van der Waals surface area contributed by atoms with Gasteiger partial charge in [0.15, 0.2) is 0 Å². The van der Waals surface area contributed by atoms with E-state index in [-0.39, 0.29) is 5.97 Å². The highest BCUT2D eigenvalue weighted by Gasteiger charge is 2.58. The van der Waals surface area contributed by atoms with Crippen molar-refractivity contribution in [2.75, 3.05) is 13.7 Å². The van der Waals surface area contributed by atoms with Crippen LogP contribution in [-0.4, -0.2) is 25.3 Å². The van der Waals surface area contributed by atoms with E-state index >= 15 is 0 Å². The zero-order chi connectivity index (χ0) is 19.3. The second kappa shape index (κ2) is 8.61. The lowest BCUT2D eigenvalue weighted by molar-refractivity contribution is -0.357. The predicted molar refractivity (Wildman–Crippen MR) is 102 cm³/mol. The first-order valence-corrected chi connectivity index (χ1v) is 10.2. The Bertz CT molecular complexity index is 622. The summed E-state index contributed by atoms with van der Waals surface area (Å²) in [4.78, 5) is 24.4. The molecule has 1 aromatic carbocycles.